The average molecular weight is 1790 g/mol. The number of nitrogens with one attached hydrogen (secondary N) is 12. The van der Waals surface area contributed by atoms with Crippen LogP contribution in [0.15, 0.2) is 274 Å². The molecule has 6 aromatic carbocycles. The Morgan fingerprint density at radius 2 is 0.543 bits per heavy atom. The van der Waals surface area contributed by atoms with Gasteiger partial charge in [-0.15, -0.1) is 0 Å². The third-order valence-electron chi connectivity index (χ3n) is 15.3. The molecule has 0 atom stereocenters. The van der Waals surface area contributed by atoms with Crippen LogP contribution in [0.1, 0.15) is 23.6 Å². The zero-order chi connectivity index (χ0) is 91.8. The minimum Gasteiger partial charge on any atom is -0.759 e. The maximum Gasteiger partial charge on any atom is 2.00 e. The van der Waals surface area contributed by atoms with Crippen molar-refractivity contribution in [3.63, 3.8) is 0 Å². The van der Waals surface area contributed by atoms with E-state index in [0.717, 1.165) is 63.7 Å². The van der Waals surface area contributed by atoms with E-state index >= 15 is 0 Å². The number of nitriles is 1. The van der Waals surface area contributed by atoms with Gasteiger partial charge in [0, 0.05) is 156 Å². The number of aromatic nitrogens is 6. The number of rotatable bonds is 23. The average Bonchev–Trinajstić information content (AvgIpc) is 0.846. The monoisotopic (exact) mass is 1790 g/mol. The summed E-state index contributed by atoms with van der Waals surface area (Å²) in [5.74, 6) is 0. The number of nitro groups is 3. The van der Waals surface area contributed by atoms with Gasteiger partial charge in [0.05, 0.1) is 89.1 Å². The summed E-state index contributed by atoms with van der Waals surface area (Å²) in [6, 6.07) is 62.8. The molecule has 0 fully saturated rings. The van der Waals surface area contributed by atoms with E-state index in [0.29, 0.717) is 51.2 Å². The Bertz CT molecular complexity index is 5230. The van der Waals surface area contributed by atoms with Crippen LogP contribution in [0.25, 0.3) is 34.2 Å². The predicted molar refractivity (Wildman–Crippen MR) is 468 cm³/mol. The van der Waals surface area contributed by atoms with Crippen molar-refractivity contribution in [1.82, 2.24) is 55.7 Å². The first-order chi connectivity index (χ1) is 60.4. The van der Waals surface area contributed by atoms with Crippen molar-refractivity contribution in [2.24, 2.45) is 0 Å². The fourth-order valence-corrected chi connectivity index (χ4v) is 9.59. The molecule has 12 rings (SSSR count). The Labute approximate surface area is 735 Å². The van der Waals surface area contributed by atoms with Crippen LogP contribution in [0, 0.1) is 41.7 Å². The van der Waals surface area contributed by atoms with Gasteiger partial charge < -0.3 is 82.7 Å². The number of urea groups is 6. The molecule has 6 aromatic heterocycles. The molecule has 14 amide bonds. The third kappa shape index (κ3) is 38.8. The Hall–Kier alpha value is -17.2. The summed E-state index contributed by atoms with van der Waals surface area (Å²) in [7, 11) is 1.58. The van der Waals surface area contributed by atoms with E-state index in [1.165, 1.54) is 89.5 Å². The Morgan fingerprint density at radius 3 is 0.717 bits per heavy atom. The van der Waals surface area contributed by atoms with E-state index in [9.17, 15) is 68.7 Å². The molecule has 44 heteroatoms. The number of amides is 14. The van der Waals surface area contributed by atoms with Crippen molar-refractivity contribution in [1.29, 1.82) is 5.26 Å². The summed E-state index contributed by atoms with van der Waals surface area (Å²) < 4.78 is 34.1. The van der Waals surface area contributed by atoms with Crippen LogP contribution in [-0.2, 0) is 56.1 Å². The van der Waals surface area contributed by atoms with Gasteiger partial charge in [0.1, 0.15) is 0 Å². The van der Waals surface area contributed by atoms with Crippen LogP contribution in [0.3, 0.4) is 0 Å². The molecule has 0 saturated carbocycles. The first-order valence-corrected chi connectivity index (χ1v) is 37.9. The number of nitro benzene ring substituents is 3. The molecular formula is C83H80N24NiO18S. The zero-order valence-corrected chi connectivity index (χ0v) is 69.5. The SMILES string of the molecule is CC#N.CN(C)C=O.CN(C)C=O.O=C(NCc1ccc(-c2ccccn2)nc1)Nc1ccccc1NC(=O)Nc1ccc([N+](=O)[O-])cc1.O=C(NCc1ccc(-c2ccccn2)nc1)Nc1ccccc1NC(=O)Nc1ccc([N+](=O)[O-])cc1.O=C(NCc1ccc(-c2ccccn2)nc1)Nc1ccccc1NC(=O)Nc1ccc([N+](=O)[O-])cc1.O=S(=O)([O-])[O-].[Ni+2]. The second-order valence-electron chi connectivity index (χ2n) is 25.3. The van der Waals surface area contributed by atoms with E-state index in [1.54, 1.807) is 144 Å². The number of non-ortho nitro benzene ring substituents is 3. The van der Waals surface area contributed by atoms with Crippen LogP contribution in [-0.4, -0.2) is 149 Å². The molecule has 42 nitrogen and oxygen atoms in total. The molecule has 6 heterocycles. The number of hydrogen-bond acceptors (Lipinski definition) is 25. The first-order valence-electron chi connectivity index (χ1n) is 36.6. The fourth-order valence-electron chi connectivity index (χ4n) is 9.59. The maximum absolute atomic E-state index is 12.5. The normalized spacial score (nSPS) is 9.75. The molecule has 0 aliphatic carbocycles. The number of carbonyl (C=O) groups excluding carboxylic acids is 8. The largest absolute Gasteiger partial charge is 2.00 e. The summed E-state index contributed by atoms with van der Waals surface area (Å²) in [6.07, 6.45) is 11.6. The number of hydrogen-bond donors (Lipinski definition) is 12. The Morgan fingerprint density at radius 1 is 0.346 bits per heavy atom. The van der Waals surface area contributed by atoms with Crippen LogP contribution >= 0.6 is 0 Å². The van der Waals surface area contributed by atoms with Gasteiger partial charge in [-0.2, -0.15) is 5.26 Å². The van der Waals surface area contributed by atoms with Crippen LogP contribution in [0.2, 0.25) is 0 Å². The second kappa shape index (κ2) is 53.5. The van der Waals surface area contributed by atoms with Crippen LogP contribution < -0.4 is 63.8 Å². The van der Waals surface area contributed by atoms with Crippen molar-refractivity contribution in [3.8, 4) is 40.2 Å². The van der Waals surface area contributed by atoms with Crippen molar-refractivity contribution < 1.29 is 87.1 Å². The van der Waals surface area contributed by atoms with Gasteiger partial charge in [-0.25, -0.2) is 28.8 Å². The number of nitrogens with zero attached hydrogens (tertiary/aromatic N) is 12. The number of pyridine rings is 6. The molecule has 0 aliphatic rings. The van der Waals surface area contributed by atoms with Crippen molar-refractivity contribution in [3.05, 3.63) is 321 Å². The Balaban J connectivity index is 0.000000306. The van der Waals surface area contributed by atoms with Gasteiger partial charge in [-0.1, -0.05) is 72.8 Å². The zero-order valence-electron chi connectivity index (χ0n) is 67.7. The second-order valence-corrected chi connectivity index (χ2v) is 26.1. The summed E-state index contributed by atoms with van der Waals surface area (Å²) in [5, 5.41) is 71.7. The maximum atomic E-state index is 12.5. The van der Waals surface area contributed by atoms with Crippen molar-refractivity contribution in [2.75, 3.05) is 76.0 Å². The number of carbonyl (C=O) groups is 8. The quantitative estimate of drug-likeness (QED) is 0.00706. The van der Waals surface area contributed by atoms with Gasteiger partial charge >= 0.3 is 52.7 Å². The van der Waals surface area contributed by atoms with E-state index in [1.807, 2.05) is 91.0 Å². The third-order valence-corrected chi connectivity index (χ3v) is 15.3. The topological polar surface area (TPSA) is 598 Å². The molecule has 0 aliphatic heterocycles. The molecule has 0 unspecified atom stereocenters. The van der Waals surface area contributed by atoms with Gasteiger partial charge in [-0.05, 0) is 144 Å². The molecule has 0 spiro atoms. The van der Waals surface area contributed by atoms with Crippen molar-refractivity contribution >= 4 is 128 Å². The predicted octanol–water partition coefficient (Wildman–Crippen LogP) is 13.7. The van der Waals surface area contributed by atoms with E-state index in [4.69, 9.17) is 22.8 Å². The summed E-state index contributed by atoms with van der Waals surface area (Å²) in [4.78, 5) is 153. The van der Waals surface area contributed by atoms with Gasteiger partial charge in [0.2, 0.25) is 12.8 Å². The molecule has 0 radical (unpaired) electrons. The number of benzene rings is 6. The van der Waals surface area contributed by atoms with E-state index in [2.05, 4.69) is 93.7 Å². The smallest absolute Gasteiger partial charge is 0.759 e. The molecule has 12 N–H and O–H groups in total. The van der Waals surface area contributed by atoms with Gasteiger partial charge in [0.15, 0.2) is 0 Å². The minimum absolute atomic E-state index is 0. The summed E-state index contributed by atoms with van der Waals surface area (Å²) in [5.41, 5.74) is 10.0. The van der Waals surface area contributed by atoms with Crippen LogP contribution in [0.4, 0.5) is 97.0 Å². The molecular weight excluding hydrogens is 1710 g/mol. The minimum atomic E-state index is -5.17. The van der Waals surface area contributed by atoms with Crippen LogP contribution in [0.5, 0.6) is 0 Å². The van der Waals surface area contributed by atoms with Crippen molar-refractivity contribution in [2.45, 2.75) is 26.6 Å². The molecule has 656 valence electrons. The van der Waals surface area contributed by atoms with E-state index in [-0.39, 0.29) is 53.2 Å². The van der Waals surface area contributed by atoms with Gasteiger partial charge in [0.25, 0.3) is 17.1 Å². The molecule has 0 saturated heterocycles. The van der Waals surface area contributed by atoms with Gasteiger partial charge in [-0.3, -0.25) is 78.3 Å². The summed E-state index contributed by atoms with van der Waals surface area (Å²) in [6.45, 7) is 2.17. The summed E-state index contributed by atoms with van der Waals surface area (Å²) >= 11 is 0. The fraction of sp³-hybridized carbons (Fsp3) is 0.0964. The molecule has 0 bridgehead atoms. The number of para-hydroxylation sites is 6. The first kappa shape index (κ1) is 100. The Kier molecular flexibility index (Phi) is 42.3. The number of anilines is 9. The van der Waals surface area contributed by atoms with E-state index < -0.39 is 61.4 Å². The molecule has 12 aromatic rings. The molecule has 127 heavy (non-hydrogen) atoms. The standard InChI is InChI=1S/3C25H21N7O4.2C3H7NO.C2H3N.Ni.H2O4S/c3*33-24(28-16-17-8-13-21(27-15-17)20-5-3-4-14-26-20)30-22-6-1-2-7-23(22)31-25(34)29-18-9-11-19(12-10-18)32(35)36;2*1-4(2)3-5;1-2-3;;1-5(2,3)4/h3*1-15H,16H2,(H2,28,30,33)(H2,29,31,34);2*3H,1-2H3;1H3;;(H2,1,2,3,4)/q;;;;;;+2;/p-2.